The summed E-state index contributed by atoms with van der Waals surface area (Å²) >= 11 is 0. The number of pyridine rings is 1. The van der Waals surface area contributed by atoms with E-state index in [0.29, 0.717) is 5.82 Å². The number of nitrogens with zero attached hydrogens (tertiary/aromatic N) is 1. The molecule has 2 heterocycles. The largest absolute Gasteiger partial charge is 0.376 e. The van der Waals surface area contributed by atoms with Crippen molar-refractivity contribution < 1.29 is 9.13 Å². The zero-order valence-corrected chi connectivity index (χ0v) is 8.74. The molecule has 0 bridgehead atoms. The van der Waals surface area contributed by atoms with Gasteiger partial charge in [-0.2, -0.15) is 4.39 Å². The molecule has 1 fully saturated rings. The smallest absolute Gasteiger partial charge is 0.214 e. The first-order valence-electron chi connectivity index (χ1n) is 5.26. The fourth-order valence-electron chi connectivity index (χ4n) is 1.81. The van der Waals surface area contributed by atoms with Gasteiger partial charge in [0.2, 0.25) is 5.95 Å². The van der Waals surface area contributed by atoms with E-state index in [-0.39, 0.29) is 12.1 Å². The number of ether oxygens (including phenoxy) is 1. The van der Waals surface area contributed by atoms with Gasteiger partial charge in [0, 0.05) is 6.61 Å². The highest BCUT2D eigenvalue weighted by atomic mass is 19.1. The van der Waals surface area contributed by atoms with E-state index in [4.69, 9.17) is 4.74 Å². The summed E-state index contributed by atoms with van der Waals surface area (Å²) in [6.07, 6.45) is 2.38. The molecule has 2 rings (SSSR count). The lowest BCUT2D eigenvalue weighted by atomic mass is 10.1. The average molecular weight is 210 g/mol. The van der Waals surface area contributed by atoms with E-state index in [2.05, 4.69) is 10.3 Å². The highest BCUT2D eigenvalue weighted by Gasteiger charge is 2.22. The molecule has 1 aliphatic rings. The van der Waals surface area contributed by atoms with E-state index in [9.17, 15) is 4.39 Å². The van der Waals surface area contributed by atoms with Gasteiger partial charge in [0.25, 0.3) is 0 Å². The third-order valence-electron chi connectivity index (χ3n) is 2.61. The number of hydrogen-bond acceptors (Lipinski definition) is 3. The molecule has 1 aliphatic heterocycles. The molecule has 3 nitrogen and oxygen atoms in total. The van der Waals surface area contributed by atoms with E-state index >= 15 is 0 Å². The van der Waals surface area contributed by atoms with Gasteiger partial charge in [-0.1, -0.05) is 6.07 Å². The third kappa shape index (κ3) is 2.65. The zero-order chi connectivity index (χ0) is 10.7. The van der Waals surface area contributed by atoms with Gasteiger partial charge in [0.05, 0.1) is 12.1 Å². The van der Waals surface area contributed by atoms with Crippen LogP contribution < -0.4 is 5.32 Å². The van der Waals surface area contributed by atoms with E-state index in [0.717, 1.165) is 19.4 Å². The number of anilines is 1. The van der Waals surface area contributed by atoms with Crippen LogP contribution in [-0.2, 0) is 4.74 Å². The van der Waals surface area contributed by atoms with E-state index < -0.39 is 5.95 Å². The van der Waals surface area contributed by atoms with Crippen LogP contribution in [0.1, 0.15) is 19.8 Å². The standard InChI is InChI=1S/C11H15FN2O/c1-8(9-4-3-7-15-9)13-11-6-2-5-10(12)14-11/h2,5-6,8-9H,3-4,7H2,1H3,(H,13,14). The van der Waals surface area contributed by atoms with Crippen molar-refractivity contribution in [2.75, 3.05) is 11.9 Å². The van der Waals surface area contributed by atoms with E-state index in [1.54, 1.807) is 12.1 Å². The van der Waals surface area contributed by atoms with Crippen molar-refractivity contribution in [2.45, 2.75) is 31.9 Å². The minimum Gasteiger partial charge on any atom is -0.376 e. The SMILES string of the molecule is CC(Nc1cccc(F)n1)C1CCCO1. The lowest BCUT2D eigenvalue weighted by molar-refractivity contribution is 0.0995. The van der Waals surface area contributed by atoms with Crippen molar-refractivity contribution in [3.8, 4) is 0 Å². The van der Waals surface area contributed by atoms with Crippen LogP contribution in [0, 0.1) is 5.95 Å². The summed E-state index contributed by atoms with van der Waals surface area (Å²) in [6, 6.07) is 4.91. The summed E-state index contributed by atoms with van der Waals surface area (Å²) in [4.78, 5) is 3.75. The highest BCUT2D eigenvalue weighted by molar-refractivity contribution is 5.34. The molecule has 1 aromatic heterocycles. The van der Waals surface area contributed by atoms with Gasteiger partial charge in [-0.25, -0.2) is 4.98 Å². The predicted molar refractivity (Wildman–Crippen MR) is 56.3 cm³/mol. The Morgan fingerprint density at radius 2 is 2.47 bits per heavy atom. The molecule has 82 valence electrons. The monoisotopic (exact) mass is 210 g/mol. The van der Waals surface area contributed by atoms with Crippen LogP contribution in [0.15, 0.2) is 18.2 Å². The molecular weight excluding hydrogens is 195 g/mol. The molecule has 2 unspecified atom stereocenters. The van der Waals surface area contributed by atoms with Crippen LogP contribution in [0.25, 0.3) is 0 Å². The summed E-state index contributed by atoms with van der Waals surface area (Å²) in [5.74, 6) is 0.109. The predicted octanol–water partition coefficient (Wildman–Crippen LogP) is 2.20. The van der Waals surface area contributed by atoms with Crippen LogP contribution in [0.4, 0.5) is 10.2 Å². The van der Waals surface area contributed by atoms with Crippen molar-refractivity contribution >= 4 is 5.82 Å². The number of rotatable bonds is 3. The molecule has 15 heavy (non-hydrogen) atoms. The second-order valence-electron chi connectivity index (χ2n) is 3.83. The minimum atomic E-state index is -0.459. The Bertz CT molecular complexity index is 326. The van der Waals surface area contributed by atoms with Crippen molar-refractivity contribution in [1.82, 2.24) is 4.98 Å². The van der Waals surface area contributed by atoms with Gasteiger partial charge in [-0.05, 0) is 31.9 Å². The van der Waals surface area contributed by atoms with Crippen molar-refractivity contribution in [1.29, 1.82) is 0 Å². The maximum absolute atomic E-state index is 12.8. The first-order chi connectivity index (χ1) is 7.25. The summed E-state index contributed by atoms with van der Waals surface area (Å²) in [6.45, 7) is 2.86. The van der Waals surface area contributed by atoms with Gasteiger partial charge in [-0.3, -0.25) is 0 Å². The molecular formula is C11H15FN2O. The second kappa shape index (κ2) is 4.57. The van der Waals surface area contributed by atoms with Crippen molar-refractivity contribution in [3.63, 3.8) is 0 Å². The van der Waals surface area contributed by atoms with Gasteiger partial charge in [0.1, 0.15) is 5.82 Å². The lowest BCUT2D eigenvalue weighted by Crippen LogP contribution is -2.30. The summed E-state index contributed by atoms with van der Waals surface area (Å²) in [5.41, 5.74) is 0. The van der Waals surface area contributed by atoms with Crippen LogP contribution in [0.3, 0.4) is 0 Å². The number of hydrogen-bond donors (Lipinski definition) is 1. The topological polar surface area (TPSA) is 34.2 Å². The minimum absolute atomic E-state index is 0.168. The zero-order valence-electron chi connectivity index (χ0n) is 8.74. The molecule has 0 aromatic carbocycles. The Morgan fingerprint density at radius 1 is 1.60 bits per heavy atom. The fraction of sp³-hybridized carbons (Fsp3) is 0.545. The normalized spacial score (nSPS) is 22.7. The number of nitrogens with one attached hydrogen (secondary N) is 1. The molecule has 0 amide bonds. The van der Waals surface area contributed by atoms with Crippen LogP contribution in [-0.4, -0.2) is 23.7 Å². The molecule has 1 N–H and O–H groups in total. The van der Waals surface area contributed by atoms with Crippen LogP contribution in [0.2, 0.25) is 0 Å². The van der Waals surface area contributed by atoms with Gasteiger partial charge >= 0.3 is 0 Å². The molecule has 4 heteroatoms. The van der Waals surface area contributed by atoms with Gasteiger partial charge in [-0.15, -0.1) is 0 Å². The Kier molecular flexibility index (Phi) is 3.16. The van der Waals surface area contributed by atoms with Crippen molar-refractivity contribution in [3.05, 3.63) is 24.1 Å². The summed E-state index contributed by atoms with van der Waals surface area (Å²) in [5, 5.41) is 3.15. The third-order valence-corrected chi connectivity index (χ3v) is 2.61. The molecule has 2 atom stereocenters. The van der Waals surface area contributed by atoms with E-state index in [1.807, 2.05) is 6.92 Å². The fourth-order valence-corrected chi connectivity index (χ4v) is 1.81. The summed E-state index contributed by atoms with van der Waals surface area (Å²) < 4.78 is 18.3. The molecule has 1 saturated heterocycles. The maximum atomic E-state index is 12.8. The quantitative estimate of drug-likeness (QED) is 0.776. The molecule has 0 saturated carbocycles. The first kappa shape index (κ1) is 10.4. The summed E-state index contributed by atoms with van der Waals surface area (Å²) in [7, 11) is 0. The maximum Gasteiger partial charge on any atom is 0.214 e. The molecule has 0 spiro atoms. The second-order valence-corrected chi connectivity index (χ2v) is 3.83. The molecule has 1 aromatic rings. The number of aromatic nitrogens is 1. The number of halogens is 1. The van der Waals surface area contributed by atoms with Crippen LogP contribution in [0.5, 0.6) is 0 Å². The Balaban J connectivity index is 1.95. The Labute approximate surface area is 88.7 Å². The van der Waals surface area contributed by atoms with Crippen LogP contribution >= 0.6 is 0 Å². The lowest BCUT2D eigenvalue weighted by Gasteiger charge is -2.20. The Morgan fingerprint density at radius 3 is 3.13 bits per heavy atom. The Hall–Kier alpha value is -1.16. The van der Waals surface area contributed by atoms with Crippen molar-refractivity contribution in [2.24, 2.45) is 0 Å². The molecule has 0 aliphatic carbocycles. The van der Waals surface area contributed by atoms with Gasteiger partial charge < -0.3 is 10.1 Å². The molecule has 0 radical (unpaired) electrons. The average Bonchev–Trinajstić information content (AvgIpc) is 2.70. The van der Waals surface area contributed by atoms with Gasteiger partial charge in [0.15, 0.2) is 0 Å². The first-order valence-corrected chi connectivity index (χ1v) is 5.26. The van der Waals surface area contributed by atoms with E-state index in [1.165, 1.54) is 6.07 Å². The highest BCUT2D eigenvalue weighted by Crippen LogP contribution is 2.18.